The fraction of sp³-hybridized carbons (Fsp3) is 0.700. The lowest BCUT2D eigenvalue weighted by Gasteiger charge is -2.70. The molecular formula is C20H26ClO6P. The molecule has 8 heteroatoms. The second-order valence-electron chi connectivity index (χ2n) is 9.15. The van der Waals surface area contributed by atoms with Gasteiger partial charge in [0.05, 0.1) is 0 Å². The summed E-state index contributed by atoms with van der Waals surface area (Å²) in [5.41, 5.74) is 0.926. The smallest absolute Gasteiger partial charge is 0.373 e. The lowest BCUT2D eigenvalue weighted by atomic mass is 9.46. The fourth-order valence-corrected chi connectivity index (χ4v) is 7.58. The van der Waals surface area contributed by atoms with E-state index in [-0.39, 0.29) is 16.7 Å². The number of benzene rings is 1. The van der Waals surface area contributed by atoms with Crippen molar-refractivity contribution in [2.75, 3.05) is 13.8 Å². The monoisotopic (exact) mass is 428 g/mol. The molecule has 1 aromatic rings. The summed E-state index contributed by atoms with van der Waals surface area (Å²) in [5.74, 6) is 0.431. The van der Waals surface area contributed by atoms with E-state index in [1.165, 1.54) is 6.66 Å². The van der Waals surface area contributed by atoms with Crippen LogP contribution in [0.25, 0.3) is 0 Å². The van der Waals surface area contributed by atoms with Gasteiger partial charge in [0.2, 0.25) is 0 Å². The van der Waals surface area contributed by atoms with Crippen molar-refractivity contribution in [3.05, 3.63) is 29.3 Å². The molecule has 4 atom stereocenters. The zero-order chi connectivity index (χ0) is 19.9. The molecule has 154 valence electrons. The molecule has 6 rings (SSSR count). The van der Waals surface area contributed by atoms with Gasteiger partial charge in [-0.05, 0) is 68.4 Å². The van der Waals surface area contributed by atoms with E-state index in [4.69, 9.17) is 30.6 Å². The van der Waals surface area contributed by atoms with E-state index in [1.807, 2.05) is 19.1 Å². The molecule has 4 bridgehead atoms. The van der Waals surface area contributed by atoms with Gasteiger partial charge in [-0.15, -0.1) is 11.6 Å². The third kappa shape index (κ3) is 2.52. The quantitative estimate of drug-likeness (QED) is 0.432. The molecule has 28 heavy (non-hydrogen) atoms. The van der Waals surface area contributed by atoms with Gasteiger partial charge in [-0.2, -0.15) is 4.89 Å². The van der Waals surface area contributed by atoms with Crippen LogP contribution in [-0.4, -0.2) is 29.1 Å². The van der Waals surface area contributed by atoms with E-state index >= 15 is 0 Å². The summed E-state index contributed by atoms with van der Waals surface area (Å²) in [6.45, 7) is 3.01. The Morgan fingerprint density at radius 3 is 2.39 bits per heavy atom. The predicted octanol–water partition coefficient (Wildman–Crippen LogP) is 4.51. The summed E-state index contributed by atoms with van der Waals surface area (Å²) in [4.78, 5) is 21.2. The van der Waals surface area contributed by atoms with Gasteiger partial charge in [-0.1, -0.05) is 12.1 Å². The first-order valence-corrected chi connectivity index (χ1v) is 12.2. The van der Waals surface area contributed by atoms with E-state index in [0.29, 0.717) is 11.7 Å². The van der Waals surface area contributed by atoms with Crippen molar-refractivity contribution in [2.45, 2.75) is 55.3 Å². The largest absolute Gasteiger partial charge is 0.424 e. The standard InChI is InChI=1S/C20H26ClO6P/c1-12-4-5-14(8-17(12)25-28(3,22)23)20(24-2)19(26-27-20)15-6-13-7-16(19)11-18(21,9-13)10-15/h4-5,8,13,15-16H,6-7,9-11H2,1-3H3,(H,22,23). The third-order valence-corrected chi connectivity index (χ3v) is 8.26. The second kappa shape index (κ2) is 5.96. The van der Waals surface area contributed by atoms with Crippen LogP contribution in [0.3, 0.4) is 0 Å². The van der Waals surface area contributed by atoms with E-state index < -0.39 is 19.0 Å². The highest BCUT2D eigenvalue weighted by Crippen LogP contribution is 2.71. The van der Waals surface area contributed by atoms with Crippen molar-refractivity contribution in [3.8, 4) is 5.75 Å². The minimum absolute atomic E-state index is 0.131. The first kappa shape index (κ1) is 19.3. The summed E-state index contributed by atoms with van der Waals surface area (Å²) < 4.78 is 23.2. The molecule has 1 aromatic carbocycles. The highest BCUT2D eigenvalue weighted by atomic mass is 35.5. The molecule has 1 saturated heterocycles. The minimum atomic E-state index is -3.69. The molecular weight excluding hydrogens is 403 g/mol. The van der Waals surface area contributed by atoms with Gasteiger partial charge in [-0.3, -0.25) is 0 Å². The van der Waals surface area contributed by atoms with Crippen molar-refractivity contribution in [1.82, 2.24) is 0 Å². The van der Waals surface area contributed by atoms with Gasteiger partial charge in [0.1, 0.15) is 5.75 Å². The lowest BCUT2D eigenvalue weighted by molar-refractivity contribution is -0.645. The number of hydrogen-bond acceptors (Lipinski definition) is 5. The summed E-state index contributed by atoms with van der Waals surface area (Å²) in [6.07, 6.45) is 5.01. The molecule has 6 nitrogen and oxygen atoms in total. The minimum Gasteiger partial charge on any atom is -0.424 e. The number of rotatable bonds is 4. The van der Waals surface area contributed by atoms with Crippen LogP contribution in [0.5, 0.6) is 5.75 Å². The maximum Gasteiger partial charge on any atom is 0.373 e. The van der Waals surface area contributed by atoms with Gasteiger partial charge in [0.15, 0.2) is 5.60 Å². The van der Waals surface area contributed by atoms with Crippen LogP contribution in [0.4, 0.5) is 0 Å². The summed E-state index contributed by atoms with van der Waals surface area (Å²) in [7, 11) is -2.06. The van der Waals surface area contributed by atoms with Gasteiger partial charge >= 0.3 is 7.60 Å². The normalized spacial score (nSPS) is 45.7. The summed E-state index contributed by atoms with van der Waals surface area (Å²) >= 11 is 6.92. The maximum atomic E-state index is 11.8. The Morgan fingerprint density at radius 2 is 1.89 bits per heavy atom. The van der Waals surface area contributed by atoms with Crippen LogP contribution in [0.2, 0.25) is 0 Å². The van der Waals surface area contributed by atoms with Crippen LogP contribution >= 0.6 is 19.2 Å². The molecule has 4 unspecified atom stereocenters. The van der Waals surface area contributed by atoms with Gasteiger partial charge in [-0.25, -0.2) is 9.45 Å². The molecule has 1 heterocycles. The molecule has 1 N–H and O–H groups in total. The van der Waals surface area contributed by atoms with Gasteiger partial charge in [0, 0.05) is 24.2 Å². The predicted molar refractivity (Wildman–Crippen MR) is 103 cm³/mol. The van der Waals surface area contributed by atoms with E-state index in [0.717, 1.165) is 43.2 Å². The van der Waals surface area contributed by atoms with Crippen LogP contribution in [0.1, 0.15) is 43.2 Å². The first-order valence-electron chi connectivity index (χ1n) is 9.83. The number of methoxy groups -OCH3 is 1. The molecule has 1 aliphatic heterocycles. The van der Waals surface area contributed by atoms with Crippen molar-refractivity contribution in [2.24, 2.45) is 17.8 Å². The zero-order valence-electron chi connectivity index (χ0n) is 16.3. The molecule has 4 aliphatic carbocycles. The van der Waals surface area contributed by atoms with E-state index in [9.17, 15) is 9.46 Å². The van der Waals surface area contributed by atoms with Crippen LogP contribution < -0.4 is 4.52 Å². The number of halogens is 1. The Bertz CT molecular complexity index is 848. The van der Waals surface area contributed by atoms with Crippen molar-refractivity contribution in [3.63, 3.8) is 0 Å². The molecule has 5 fully saturated rings. The molecule has 0 aromatic heterocycles. The Hall–Kier alpha value is -0.620. The summed E-state index contributed by atoms with van der Waals surface area (Å²) in [5, 5.41) is 0. The van der Waals surface area contributed by atoms with E-state index in [1.54, 1.807) is 13.2 Å². The Morgan fingerprint density at radius 1 is 1.21 bits per heavy atom. The van der Waals surface area contributed by atoms with Gasteiger partial charge < -0.3 is 14.2 Å². The van der Waals surface area contributed by atoms with Crippen molar-refractivity contribution >= 4 is 19.2 Å². The molecule has 4 saturated carbocycles. The average Bonchev–Trinajstić information content (AvgIpc) is 2.54. The topological polar surface area (TPSA) is 74.2 Å². The van der Waals surface area contributed by atoms with E-state index in [2.05, 4.69) is 0 Å². The molecule has 1 spiro atoms. The SMILES string of the molecule is COC1(c2ccc(C)c(OP(C)(=O)O)c2)OOC12C1CC3CC2CC(Cl)(C3)C1. The number of aryl methyl sites for hydroxylation is 1. The number of hydrogen-bond donors (Lipinski definition) is 1. The van der Waals surface area contributed by atoms with Crippen molar-refractivity contribution in [1.29, 1.82) is 0 Å². The summed E-state index contributed by atoms with van der Waals surface area (Å²) in [6, 6.07) is 5.53. The van der Waals surface area contributed by atoms with Crippen LogP contribution in [-0.2, 0) is 24.9 Å². The second-order valence-corrected chi connectivity index (χ2v) is 11.7. The molecule has 0 radical (unpaired) electrons. The van der Waals surface area contributed by atoms with Crippen LogP contribution in [0, 0.1) is 24.7 Å². The number of alkyl halides is 1. The average molecular weight is 429 g/mol. The Kier molecular flexibility index (Phi) is 4.12. The molecule has 5 aliphatic rings. The van der Waals surface area contributed by atoms with Crippen LogP contribution in [0.15, 0.2) is 18.2 Å². The lowest BCUT2D eigenvalue weighted by Crippen LogP contribution is -2.78. The fourth-order valence-electron chi connectivity index (χ4n) is 6.43. The number of ether oxygens (including phenoxy) is 1. The van der Waals surface area contributed by atoms with Crippen molar-refractivity contribution < 1.29 is 28.5 Å². The molecule has 0 amide bonds. The zero-order valence-corrected chi connectivity index (χ0v) is 18.0. The van der Waals surface area contributed by atoms with Gasteiger partial charge in [0.25, 0.3) is 5.79 Å². The maximum absolute atomic E-state index is 11.8. The Balaban J connectivity index is 1.58. The third-order valence-electron chi connectivity index (χ3n) is 7.26. The Labute approximate surface area is 169 Å². The highest BCUT2D eigenvalue weighted by molar-refractivity contribution is 7.52. The first-order chi connectivity index (χ1) is 13.1. The highest BCUT2D eigenvalue weighted by Gasteiger charge is 2.78.